The number of benzene rings is 3. The molecular weight excluding hydrogens is 556 g/mol. The van der Waals surface area contributed by atoms with Crippen LogP contribution in [0, 0.1) is 0 Å². The summed E-state index contributed by atoms with van der Waals surface area (Å²) in [4.78, 5) is 32.5. The summed E-state index contributed by atoms with van der Waals surface area (Å²) < 4.78 is 18.1. The summed E-state index contributed by atoms with van der Waals surface area (Å²) in [6.45, 7) is 2.66. The normalized spacial score (nSPS) is 13.8. The molecule has 1 fully saturated rings. The molecule has 12 heteroatoms. The minimum atomic E-state index is -0.402. The van der Waals surface area contributed by atoms with Gasteiger partial charge in [0, 0.05) is 0 Å². The third-order valence-corrected chi connectivity index (χ3v) is 6.75. The van der Waals surface area contributed by atoms with E-state index in [1.807, 2.05) is 73.7 Å². The Morgan fingerprint density at radius 1 is 1.05 bits per heavy atom. The number of hydrogen-bond acceptors (Lipinski definition) is 9. The van der Waals surface area contributed by atoms with Gasteiger partial charge in [-0.25, -0.2) is 9.67 Å². The average Bonchev–Trinajstić information content (AvgIpc) is 3.55. The number of thiocarbonyl (C=S) groups is 1. The molecule has 11 nitrogen and oxygen atoms in total. The maximum absolute atomic E-state index is 13.0. The first-order chi connectivity index (χ1) is 20.4. The number of amides is 1. The van der Waals surface area contributed by atoms with E-state index in [2.05, 4.69) is 20.6 Å². The van der Waals surface area contributed by atoms with Crippen LogP contribution in [0.1, 0.15) is 18.1 Å². The number of ether oxygens (including phenoxy) is 3. The van der Waals surface area contributed by atoms with Gasteiger partial charge in [0.05, 0.1) is 25.8 Å². The quantitative estimate of drug-likeness (QED) is 0.206. The maximum atomic E-state index is 13.0. The van der Waals surface area contributed by atoms with Crippen LogP contribution in [0.3, 0.4) is 0 Å². The van der Waals surface area contributed by atoms with Crippen LogP contribution in [-0.2, 0) is 16.1 Å². The molecule has 0 spiro atoms. The molecular formula is C30H24N6O5S. The third kappa shape index (κ3) is 5.34. The van der Waals surface area contributed by atoms with Gasteiger partial charge >= 0.3 is 0 Å². The summed E-state index contributed by atoms with van der Waals surface area (Å²) in [5, 5.41) is 10.7. The summed E-state index contributed by atoms with van der Waals surface area (Å²) in [7, 11) is 1.61. The van der Waals surface area contributed by atoms with Crippen molar-refractivity contribution in [1.82, 2.24) is 30.3 Å². The first-order valence-corrected chi connectivity index (χ1v) is 13.4. The molecule has 210 valence electrons. The molecule has 0 bridgehead atoms. The van der Waals surface area contributed by atoms with Crippen molar-refractivity contribution in [3.63, 3.8) is 0 Å². The molecule has 2 aromatic heterocycles. The van der Waals surface area contributed by atoms with Gasteiger partial charge < -0.3 is 19.2 Å². The Morgan fingerprint density at radius 2 is 1.86 bits per heavy atom. The molecule has 0 saturated carbocycles. The summed E-state index contributed by atoms with van der Waals surface area (Å²) in [5.41, 5.74) is 4.18. The van der Waals surface area contributed by atoms with Crippen LogP contribution in [0.25, 0.3) is 39.8 Å². The van der Waals surface area contributed by atoms with Crippen molar-refractivity contribution in [3.8, 4) is 34.0 Å². The lowest BCUT2D eigenvalue weighted by molar-refractivity contribution is -0.116. The molecule has 0 aliphatic carbocycles. The molecule has 1 saturated heterocycles. The molecule has 3 heterocycles. The van der Waals surface area contributed by atoms with Crippen LogP contribution >= 0.6 is 12.2 Å². The van der Waals surface area contributed by atoms with Crippen molar-refractivity contribution in [2.45, 2.75) is 13.5 Å². The number of rotatable bonds is 8. The Bertz CT molecular complexity index is 1930. The molecule has 6 rings (SSSR count). The molecule has 5 aromatic rings. The molecule has 0 unspecified atom stereocenters. The van der Waals surface area contributed by atoms with Crippen LogP contribution in [-0.4, -0.2) is 49.8 Å². The van der Waals surface area contributed by atoms with E-state index >= 15 is 0 Å². The molecule has 1 amide bonds. The SMILES string of the molecule is CCOc1cc(-c2cccc(/C=C3\OC(=S)NC3=O)c2)ccc1-c1nc2c(nnn2Cc2ccc(OC)cc2)c(=O)[nH]1. The number of nitrogens with zero attached hydrogens (tertiary/aromatic N) is 4. The fourth-order valence-electron chi connectivity index (χ4n) is 4.56. The van der Waals surface area contributed by atoms with Crippen molar-refractivity contribution in [1.29, 1.82) is 0 Å². The highest BCUT2D eigenvalue weighted by atomic mass is 32.1. The lowest BCUT2D eigenvalue weighted by Crippen LogP contribution is -2.18. The van der Waals surface area contributed by atoms with E-state index in [1.165, 1.54) is 0 Å². The fraction of sp³-hybridized carbons (Fsp3) is 0.133. The van der Waals surface area contributed by atoms with Crippen molar-refractivity contribution in [2.75, 3.05) is 13.7 Å². The number of fused-ring (bicyclic) bond motifs is 1. The van der Waals surface area contributed by atoms with Gasteiger partial charge in [-0.2, -0.15) is 0 Å². The third-order valence-electron chi connectivity index (χ3n) is 6.56. The topological polar surface area (TPSA) is 133 Å². The highest BCUT2D eigenvalue weighted by molar-refractivity contribution is 7.80. The molecule has 2 N–H and O–H groups in total. The van der Waals surface area contributed by atoms with E-state index in [9.17, 15) is 9.59 Å². The van der Waals surface area contributed by atoms with Gasteiger partial charge in [0.25, 0.3) is 16.6 Å². The average molecular weight is 581 g/mol. The second-order valence-electron chi connectivity index (χ2n) is 9.30. The molecule has 0 radical (unpaired) electrons. The van der Waals surface area contributed by atoms with Crippen LogP contribution in [0.4, 0.5) is 0 Å². The van der Waals surface area contributed by atoms with E-state index in [-0.39, 0.29) is 22.4 Å². The minimum Gasteiger partial charge on any atom is -0.497 e. The highest BCUT2D eigenvalue weighted by Crippen LogP contribution is 2.33. The van der Waals surface area contributed by atoms with E-state index in [0.29, 0.717) is 35.9 Å². The second-order valence-corrected chi connectivity index (χ2v) is 9.67. The van der Waals surface area contributed by atoms with E-state index in [1.54, 1.807) is 17.9 Å². The monoisotopic (exact) mass is 580 g/mol. The maximum Gasteiger partial charge on any atom is 0.294 e. The number of carbonyl (C=O) groups excluding carboxylic acids is 1. The Labute approximate surface area is 244 Å². The fourth-order valence-corrected chi connectivity index (χ4v) is 4.74. The number of methoxy groups -OCH3 is 1. The van der Waals surface area contributed by atoms with Gasteiger partial charge in [-0.1, -0.05) is 41.6 Å². The first kappa shape index (κ1) is 26.8. The Hall–Kier alpha value is -5.36. The van der Waals surface area contributed by atoms with E-state index in [0.717, 1.165) is 28.0 Å². The minimum absolute atomic E-state index is 0.0313. The Morgan fingerprint density at radius 3 is 2.60 bits per heavy atom. The van der Waals surface area contributed by atoms with Crippen molar-refractivity contribution in [2.24, 2.45) is 0 Å². The van der Waals surface area contributed by atoms with Crippen LogP contribution in [0.2, 0.25) is 0 Å². The Balaban J connectivity index is 1.36. The molecule has 3 aromatic carbocycles. The second kappa shape index (κ2) is 11.3. The summed E-state index contributed by atoms with van der Waals surface area (Å²) >= 11 is 4.91. The van der Waals surface area contributed by atoms with Crippen LogP contribution in [0.5, 0.6) is 11.5 Å². The lowest BCUT2D eigenvalue weighted by atomic mass is 10.0. The smallest absolute Gasteiger partial charge is 0.294 e. The highest BCUT2D eigenvalue weighted by Gasteiger charge is 2.23. The lowest BCUT2D eigenvalue weighted by Gasteiger charge is -2.13. The number of nitrogens with one attached hydrogen (secondary N) is 2. The Kier molecular flexibility index (Phi) is 7.19. The van der Waals surface area contributed by atoms with Gasteiger partial charge in [0.2, 0.25) is 0 Å². The number of hydrogen-bond donors (Lipinski definition) is 2. The summed E-state index contributed by atoms with van der Waals surface area (Å²) in [6, 6.07) is 20.8. The number of carbonyl (C=O) groups is 1. The number of aromatic amines is 1. The molecule has 42 heavy (non-hydrogen) atoms. The zero-order valence-corrected chi connectivity index (χ0v) is 23.4. The molecule has 0 atom stereocenters. The zero-order chi connectivity index (χ0) is 29.2. The predicted octanol–water partition coefficient (Wildman–Crippen LogP) is 4.08. The van der Waals surface area contributed by atoms with Gasteiger partial charge in [-0.3, -0.25) is 14.9 Å². The predicted molar refractivity (Wildman–Crippen MR) is 160 cm³/mol. The van der Waals surface area contributed by atoms with E-state index in [4.69, 9.17) is 31.4 Å². The van der Waals surface area contributed by atoms with Crippen molar-refractivity contribution >= 4 is 40.5 Å². The van der Waals surface area contributed by atoms with Gasteiger partial charge in [-0.15, -0.1) is 5.10 Å². The number of aromatic nitrogens is 5. The van der Waals surface area contributed by atoms with E-state index < -0.39 is 5.56 Å². The summed E-state index contributed by atoms with van der Waals surface area (Å²) in [5.74, 6) is 1.37. The van der Waals surface area contributed by atoms with Gasteiger partial charge in [0.1, 0.15) is 17.3 Å². The van der Waals surface area contributed by atoms with Crippen LogP contribution in [0.15, 0.2) is 77.3 Å². The largest absolute Gasteiger partial charge is 0.497 e. The first-order valence-electron chi connectivity index (χ1n) is 13.0. The van der Waals surface area contributed by atoms with Crippen molar-refractivity contribution < 1.29 is 19.0 Å². The standard InChI is InChI=1S/C30H24N6O5S/c1-3-40-23-15-20(19-6-4-5-18(13-19)14-24-28(37)33-30(42)41-24)9-12-22(23)26-31-27-25(29(38)32-26)34-35-36(27)16-17-7-10-21(39-2)11-8-17/h4-15H,3,16H2,1-2H3,(H,31,32,38)(H,33,37,42)/b24-14-. The van der Waals surface area contributed by atoms with Crippen molar-refractivity contribution in [3.05, 3.63) is 94.0 Å². The van der Waals surface area contributed by atoms with Gasteiger partial charge in [0.15, 0.2) is 16.9 Å². The summed E-state index contributed by atoms with van der Waals surface area (Å²) in [6.07, 6.45) is 1.63. The number of H-pyrrole nitrogens is 1. The molecule has 1 aliphatic rings. The zero-order valence-electron chi connectivity index (χ0n) is 22.6. The molecule has 1 aliphatic heterocycles. The van der Waals surface area contributed by atoms with Crippen LogP contribution < -0.4 is 20.3 Å². The van der Waals surface area contributed by atoms with Gasteiger partial charge in [-0.05, 0) is 77.8 Å².